The first-order chi connectivity index (χ1) is 5.24. The highest BCUT2D eigenvalue weighted by Crippen LogP contribution is 1.95. The molecule has 0 amide bonds. The monoisotopic (exact) mass is 166 g/mol. The maximum absolute atomic E-state index is 10.4. The molecule has 0 unspecified atom stereocenters. The summed E-state index contributed by atoms with van der Waals surface area (Å²) < 4.78 is 0. The van der Waals surface area contributed by atoms with Gasteiger partial charge >= 0.3 is 5.97 Å². The van der Waals surface area contributed by atoms with Crippen molar-refractivity contribution in [3.63, 3.8) is 0 Å². The third-order valence-electron chi connectivity index (χ3n) is 1.61. The van der Waals surface area contributed by atoms with Gasteiger partial charge in [-0.15, -0.1) is 0 Å². The van der Waals surface area contributed by atoms with E-state index < -0.39 is 5.97 Å². The maximum atomic E-state index is 10.4. The fourth-order valence-corrected chi connectivity index (χ4v) is 1.59. The molecule has 0 saturated heterocycles. The van der Waals surface area contributed by atoms with Crippen LogP contribution >= 0.6 is 0 Å². The van der Waals surface area contributed by atoms with Crippen LogP contribution in [-0.4, -0.2) is 20.6 Å². The van der Waals surface area contributed by atoms with Crippen LogP contribution in [0.1, 0.15) is 10.4 Å². The van der Waals surface area contributed by atoms with Gasteiger partial charge in [-0.1, -0.05) is 23.9 Å². The van der Waals surface area contributed by atoms with E-state index in [0.717, 1.165) is 0 Å². The molecule has 0 aliphatic heterocycles. The highest BCUT2D eigenvalue weighted by molar-refractivity contribution is 6.51. The summed E-state index contributed by atoms with van der Waals surface area (Å²) in [5.41, 5.74) is 0.371. The Balaban J connectivity index is 2.91. The number of rotatable bonds is 2. The number of benzene rings is 1. The molecule has 3 heteroatoms. The number of aromatic carboxylic acids is 1. The van der Waals surface area contributed by atoms with E-state index in [0.29, 0.717) is 5.56 Å². The number of hydrogen-bond acceptors (Lipinski definition) is 1. The van der Waals surface area contributed by atoms with Crippen molar-refractivity contribution in [3.05, 3.63) is 29.8 Å². The van der Waals surface area contributed by atoms with Gasteiger partial charge in [0.05, 0.1) is 15.1 Å². The van der Waals surface area contributed by atoms with E-state index in [2.05, 4.69) is 6.55 Å². The van der Waals surface area contributed by atoms with Gasteiger partial charge in [0.2, 0.25) is 0 Å². The Labute approximate surface area is 67.7 Å². The summed E-state index contributed by atoms with van der Waals surface area (Å²) in [4.78, 5) is 10.4. The van der Waals surface area contributed by atoms with Crippen molar-refractivity contribution in [1.82, 2.24) is 0 Å². The predicted octanol–water partition coefficient (Wildman–Crippen LogP) is 0.227. The minimum Gasteiger partial charge on any atom is -0.478 e. The molecule has 0 aromatic heterocycles. The topological polar surface area (TPSA) is 37.3 Å². The molecule has 11 heavy (non-hydrogen) atoms. The lowest BCUT2D eigenvalue weighted by molar-refractivity contribution is 0.0697. The molecule has 0 aliphatic rings. The van der Waals surface area contributed by atoms with E-state index in [4.69, 9.17) is 5.11 Å². The highest BCUT2D eigenvalue weighted by atomic mass is 28.2. The molecular weight excluding hydrogens is 156 g/mol. The summed E-state index contributed by atoms with van der Waals surface area (Å²) >= 11 is 0. The van der Waals surface area contributed by atoms with Crippen molar-refractivity contribution < 1.29 is 9.90 Å². The number of carboxylic acids is 1. The molecular formula is C8H10O2Si. The van der Waals surface area contributed by atoms with Crippen LogP contribution in [-0.2, 0) is 0 Å². The van der Waals surface area contributed by atoms with Crippen molar-refractivity contribution >= 4 is 20.7 Å². The molecule has 0 bridgehead atoms. The molecule has 1 N–H and O–H groups in total. The molecule has 0 heterocycles. The first-order valence-corrected chi connectivity index (χ1v) is 5.68. The van der Waals surface area contributed by atoms with Crippen LogP contribution in [0.5, 0.6) is 0 Å². The van der Waals surface area contributed by atoms with Crippen molar-refractivity contribution in [2.45, 2.75) is 6.55 Å². The first-order valence-electron chi connectivity index (χ1n) is 3.56. The second-order valence-electron chi connectivity index (χ2n) is 2.36. The van der Waals surface area contributed by atoms with Crippen molar-refractivity contribution in [2.24, 2.45) is 0 Å². The number of carbonyl (C=O) groups is 1. The Hall–Kier alpha value is -1.09. The van der Waals surface area contributed by atoms with Crippen LogP contribution in [0.2, 0.25) is 6.55 Å². The first kappa shape index (κ1) is 8.01. The van der Waals surface area contributed by atoms with E-state index >= 15 is 0 Å². The van der Waals surface area contributed by atoms with Crippen LogP contribution in [0.25, 0.3) is 0 Å². The third-order valence-corrected chi connectivity index (χ3v) is 2.90. The summed E-state index contributed by atoms with van der Waals surface area (Å²) in [7, 11) is -0.142. The van der Waals surface area contributed by atoms with Crippen LogP contribution in [0.3, 0.4) is 0 Å². The maximum Gasteiger partial charge on any atom is 0.335 e. The van der Waals surface area contributed by atoms with Crippen LogP contribution in [0.4, 0.5) is 0 Å². The van der Waals surface area contributed by atoms with E-state index in [9.17, 15) is 4.79 Å². The Morgan fingerprint density at radius 3 is 2.27 bits per heavy atom. The standard InChI is InChI=1S/C8H10O2Si/c1-11-7-4-2-6(3-5-7)8(9)10/h2-5H,11H2,1H3,(H,9,10). The lowest BCUT2D eigenvalue weighted by atomic mass is 10.2. The van der Waals surface area contributed by atoms with Crippen LogP contribution in [0, 0.1) is 0 Å². The predicted molar refractivity (Wildman–Crippen MR) is 47.4 cm³/mol. The molecule has 0 fully saturated rings. The zero-order chi connectivity index (χ0) is 8.27. The summed E-state index contributed by atoms with van der Waals surface area (Å²) in [5.74, 6) is -0.852. The zero-order valence-corrected chi connectivity index (χ0v) is 7.79. The molecule has 0 radical (unpaired) electrons. The zero-order valence-electron chi connectivity index (χ0n) is 6.37. The molecule has 2 nitrogen and oxygen atoms in total. The van der Waals surface area contributed by atoms with E-state index in [-0.39, 0.29) is 9.52 Å². The third kappa shape index (κ3) is 1.91. The summed E-state index contributed by atoms with van der Waals surface area (Å²) in [6.07, 6.45) is 0. The average molecular weight is 166 g/mol. The largest absolute Gasteiger partial charge is 0.478 e. The van der Waals surface area contributed by atoms with Gasteiger partial charge in [0.25, 0.3) is 0 Å². The highest BCUT2D eigenvalue weighted by Gasteiger charge is 1.99. The van der Waals surface area contributed by atoms with Crippen molar-refractivity contribution in [1.29, 1.82) is 0 Å². The molecule has 58 valence electrons. The Morgan fingerprint density at radius 2 is 1.91 bits per heavy atom. The smallest absolute Gasteiger partial charge is 0.335 e. The van der Waals surface area contributed by atoms with E-state index in [1.54, 1.807) is 12.1 Å². The van der Waals surface area contributed by atoms with Gasteiger partial charge in [0.1, 0.15) is 0 Å². The van der Waals surface area contributed by atoms with Gasteiger partial charge in [0.15, 0.2) is 0 Å². The van der Waals surface area contributed by atoms with E-state index in [1.165, 1.54) is 5.19 Å². The molecule has 0 spiro atoms. The van der Waals surface area contributed by atoms with Gasteiger partial charge in [-0.3, -0.25) is 0 Å². The second kappa shape index (κ2) is 3.34. The van der Waals surface area contributed by atoms with Gasteiger partial charge < -0.3 is 5.11 Å². The van der Waals surface area contributed by atoms with Crippen molar-refractivity contribution in [2.75, 3.05) is 0 Å². The summed E-state index contributed by atoms with van der Waals surface area (Å²) in [5, 5.41) is 9.86. The normalized spacial score (nSPS) is 10.6. The molecule has 1 aromatic rings. The number of hydrogen-bond donors (Lipinski definition) is 1. The summed E-state index contributed by atoms with van der Waals surface area (Å²) in [6, 6.07) is 7.12. The van der Waals surface area contributed by atoms with Gasteiger partial charge in [-0.05, 0) is 12.1 Å². The fraction of sp³-hybridized carbons (Fsp3) is 0.125. The fourth-order valence-electron chi connectivity index (χ4n) is 0.883. The number of carboxylic acid groups (broad SMARTS) is 1. The Morgan fingerprint density at radius 1 is 1.36 bits per heavy atom. The SMILES string of the molecule is C[SiH2]c1ccc(C(=O)O)cc1. The molecule has 1 rings (SSSR count). The second-order valence-corrected chi connectivity index (χ2v) is 3.88. The van der Waals surface area contributed by atoms with Crippen LogP contribution < -0.4 is 5.19 Å². The average Bonchev–Trinajstić information content (AvgIpc) is 2.05. The minimum absolute atomic E-state index is 0.142. The molecule has 1 aromatic carbocycles. The summed E-state index contributed by atoms with van der Waals surface area (Å²) in [6.45, 7) is 2.18. The lowest BCUT2D eigenvalue weighted by Crippen LogP contribution is -2.10. The van der Waals surface area contributed by atoms with E-state index in [1.807, 2.05) is 12.1 Å². The Bertz CT molecular complexity index is 253. The molecule has 0 aliphatic carbocycles. The molecule has 0 saturated carbocycles. The lowest BCUT2D eigenvalue weighted by Gasteiger charge is -1.95. The van der Waals surface area contributed by atoms with Gasteiger partial charge in [-0.2, -0.15) is 0 Å². The Kier molecular flexibility index (Phi) is 2.43. The van der Waals surface area contributed by atoms with Gasteiger partial charge in [0, 0.05) is 0 Å². The van der Waals surface area contributed by atoms with Crippen LogP contribution in [0.15, 0.2) is 24.3 Å². The quantitative estimate of drug-likeness (QED) is 0.638. The van der Waals surface area contributed by atoms with Crippen molar-refractivity contribution in [3.8, 4) is 0 Å². The minimum atomic E-state index is -0.852. The van der Waals surface area contributed by atoms with Gasteiger partial charge in [-0.25, -0.2) is 4.79 Å². The molecule has 0 atom stereocenters.